The molecule has 2 heteroatoms. The monoisotopic (exact) mass is 381 g/mol. The van der Waals surface area contributed by atoms with Crippen LogP contribution in [0.25, 0.3) is 0 Å². The van der Waals surface area contributed by atoms with Crippen molar-refractivity contribution in [3.8, 4) is 0 Å². The highest BCUT2D eigenvalue weighted by Crippen LogP contribution is 2.63. The summed E-state index contributed by atoms with van der Waals surface area (Å²) < 4.78 is 0. The molecule has 2 nitrogen and oxygen atoms in total. The number of carbonyl (C=O) groups excluding carboxylic acids is 1. The highest BCUT2D eigenvalue weighted by Gasteiger charge is 2.60. The summed E-state index contributed by atoms with van der Waals surface area (Å²) in [6.45, 7) is 17.6. The van der Waals surface area contributed by atoms with E-state index >= 15 is 0 Å². The molecule has 0 aromatic rings. The van der Waals surface area contributed by atoms with Gasteiger partial charge in [0, 0.05) is 11.0 Å². The maximum absolute atomic E-state index is 11.9. The molecule has 0 bridgehead atoms. The van der Waals surface area contributed by atoms with Gasteiger partial charge in [-0.1, -0.05) is 56.6 Å². The fourth-order valence-corrected chi connectivity index (χ4v) is 6.92. The lowest BCUT2D eigenvalue weighted by Crippen LogP contribution is -2.66. The first kappa shape index (κ1) is 21.3. The van der Waals surface area contributed by atoms with Crippen LogP contribution >= 0.6 is 0 Å². The Balaban J connectivity index is 1.87. The number of carbonyl (C=O) groups is 1. The van der Waals surface area contributed by atoms with Crippen molar-refractivity contribution in [3.63, 3.8) is 0 Å². The number of fused-ring (bicyclic) bond motifs is 3. The largest absolute Gasteiger partial charge is 0.325 e. The number of rotatable bonds is 6. The van der Waals surface area contributed by atoms with Crippen LogP contribution in [0.1, 0.15) is 79.1 Å². The zero-order chi connectivity index (χ0) is 20.7. The molecule has 0 heterocycles. The third-order valence-corrected chi connectivity index (χ3v) is 8.26. The minimum atomic E-state index is -0.173. The molecule has 28 heavy (non-hydrogen) atoms. The highest BCUT2D eigenvalue weighted by molar-refractivity contribution is 6.01. The van der Waals surface area contributed by atoms with Crippen LogP contribution in [-0.2, 0) is 4.79 Å². The van der Waals surface area contributed by atoms with E-state index in [1.165, 1.54) is 23.1 Å². The number of allylic oxidation sites excluding steroid dienone is 6. The molecule has 0 aromatic heterocycles. The van der Waals surface area contributed by atoms with Gasteiger partial charge in [0.15, 0.2) is 5.78 Å². The lowest BCUT2D eigenvalue weighted by Gasteiger charge is -2.63. The Morgan fingerprint density at radius 3 is 2.61 bits per heavy atom. The Morgan fingerprint density at radius 2 is 1.96 bits per heavy atom. The minimum absolute atomic E-state index is 0.0629. The van der Waals surface area contributed by atoms with Gasteiger partial charge in [-0.2, -0.15) is 0 Å². The van der Waals surface area contributed by atoms with Gasteiger partial charge in [-0.25, -0.2) is 0 Å². The first-order valence-electron chi connectivity index (χ1n) is 11.1. The quantitative estimate of drug-likeness (QED) is 0.549. The van der Waals surface area contributed by atoms with E-state index in [9.17, 15) is 4.79 Å². The molecule has 2 fully saturated rings. The summed E-state index contributed by atoms with van der Waals surface area (Å²) in [7, 11) is 0. The Kier molecular flexibility index (Phi) is 5.66. The number of nitrogens with two attached hydrogens (primary N) is 1. The maximum atomic E-state index is 11.9. The van der Waals surface area contributed by atoms with Crippen molar-refractivity contribution in [1.29, 1.82) is 0 Å². The molecule has 0 amide bonds. The van der Waals surface area contributed by atoms with Crippen molar-refractivity contribution >= 4 is 5.78 Å². The Hall–Kier alpha value is -1.41. The van der Waals surface area contributed by atoms with Gasteiger partial charge in [-0.15, -0.1) is 6.58 Å². The SMILES string of the molecule is C=C(C)CCC(=C)CC1(C)CCC2C3(C)C=CC(=O)C=C3CCC2(N)C1CC. The number of hydrogen-bond donors (Lipinski definition) is 1. The van der Waals surface area contributed by atoms with E-state index < -0.39 is 0 Å². The summed E-state index contributed by atoms with van der Waals surface area (Å²) in [5.74, 6) is 1.02. The zero-order valence-corrected chi connectivity index (χ0v) is 18.4. The molecule has 2 N–H and O–H groups in total. The molecule has 2 saturated carbocycles. The highest BCUT2D eigenvalue weighted by atomic mass is 16.1. The van der Waals surface area contributed by atoms with Gasteiger partial charge < -0.3 is 5.73 Å². The number of hydrogen-bond acceptors (Lipinski definition) is 2. The third kappa shape index (κ3) is 3.49. The average Bonchev–Trinajstić information content (AvgIpc) is 2.60. The standard InChI is InChI=1S/C26H39NO/c1-7-22-24(5,17-19(4)9-8-18(2)3)13-12-23-25(6)14-11-21(28)16-20(25)10-15-26(22,23)27/h11,14,16,22-23H,2,4,7-10,12-13,15,17,27H2,1,3,5-6H3. The third-order valence-electron chi connectivity index (χ3n) is 8.26. The molecule has 0 saturated heterocycles. The maximum Gasteiger partial charge on any atom is 0.178 e. The molecule has 3 rings (SSSR count). The molecule has 0 aliphatic heterocycles. The molecule has 5 atom stereocenters. The summed E-state index contributed by atoms with van der Waals surface area (Å²) in [6, 6.07) is 0. The van der Waals surface area contributed by atoms with Crippen LogP contribution in [0.5, 0.6) is 0 Å². The van der Waals surface area contributed by atoms with E-state index in [0.717, 1.165) is 44.9 Å². The first-order valence-corrected chi connectivity index (χ1v) is 11.1. The fraction of sp³-hybridized carbons (Fsp3) is 0.654. The van der Waals surface area contributed by atoms with Gasteiger partial charge in [-0.3, -0.25) is 4.79 Å². The molecular formula is C26H39NO. The lowest BCUT2D eigenvalue weighted by molar-refractivity contribution is -0.111. The van der Waals surface area contributed by atoms with Crippen LogP contribution in [0.4, 0.5) is 0 Å². The van der Waals surface area contributed by atoms with Crippen molar-refractivity contribution in [3.05, 3.63) is 48.1 Å². The Bertz CT molecular complexity index is 744. The fourth-order valence-electron chi connectivity index (χ4n) is 6.92. The van der Waals surface area contributed by atoms with Crippen molar-refractivity contribution in [1.82, 2.24) is 0 Å². The molecule has 3 aliphatic carbocycles. The van der Waals surface area contributed by atoms with Crippen molar-refractivity contribution < 1.29 is 4.79 Å². The van der Waals surface area contributed by atoms with E-state index in [-0.39, 0.29) is 22.2 Å². The van der Waals surface area contributed by atoms with Crippen LogP contribution in [0.2, 0.25) is 0 Å². The van der Waals surface area contributed by atoms with Gasteiger partial charge in [0.25, 0.3) is 0 Å². The molecule has 0 radical (unpaired) electrons. The van der Waals surface area contributed by atoms with Crippen molar-refractivity contribution in [2.75, 3.05) is 0 Å². The van der Waals surface area contributed by atoms with Gasteiger partial charge in [-0.05, 0) is 81.3 Å². The van der Waals surface area contributed by atoms with Crippen LogP contribution in [0, 0.1) is 22.7 Å². The second-order valence-electron chi connectivity index (χ2n) is 10.4. The minimum Gasteiger partial charge on any atom is -0.325 e. The predicted molar refractivity (Wildman–Crippen MR) is 119 cm³/mol. The second-order valence-corrected chi connectivity index (χ2v) is 10.4. The van der Waals surface area contributed by atoms with E-state index in [2.05, 4.69) is 46.9 Å². The summed E-state index contributed by atoms with van der Waals surface area (Å²) in [4.78, 5) is 11.9. The topological polar surface area (TPSA) is 43.1 Å². The van der Waals surface area contributed by atoms with Crippen LogP contribution in [-0.4, -0.2) is 11.3 Å². The van der Waals surface area contributed by atoms with Crippen molar-refractivity contribution in [2.45, 2.75) is 84.6 Å². The molecular weight excluding hydrogens is 342 g/mol. The van der Waals surface area contributed by atoms with Crippen LogP contribution < -0.4 is 5.73 Å². The number of ketones is 1. The van der Waals surface area contributed by atoms with E-state index in [4.69, 9.17) is 5.73 Å². The first-order chi connectivity index (χ1) is 13.0. The van der Waals surface area contributed by atoms with Crippen molar-refractivity contribution in [2.24, 2.45) is 28.4 Å². The summed E-state index contributed by atoms with van der Waals surface area (Å²) in [5.41, 5.74) is 11.2. The summed E-state index contributed by atoms with van der Waals surface area (Å²) in [6.07, 6.45) is 14.3. The smallest absolute Gasteiger partial charge is 0.178 e. The second kappa shape index (κ2) is 7.44. The zero-order valence-electron chi connectivity index (χ0n) is 18.4. The summed E-state index contributed by atoms with van der Waals surface area (Å²) >= 11 is 0. The molecule has 0 aromatic carbocycles. The van der Waals surface area contributed by atoms with E-state index in [1.807, 2.05) is 6.08 Å². The van der Waals surface area contributed by atoms with Gasteiger partial charge in [0.1, 0.15) is 0 Å². The Labute approximate surface area is 172 Å². The van der Waals surface area contributed by atoms with Gasteiger partial charge >= 0.3 is 0 Å². The van der Waals surface area contributed by atoms with Gasteiger partial charge in [0.05, 0.1) is 0 Å². The summed E-state index contributed by atoms with van der Waals surface area (Å²) in [5, 5.41) is 0. The predicted octanol–water partition coefficient (Wildman–Crippen LogP) is 6.29. The molecule has 5 unspecified atom stereocenters. The average molecular weight is 382 g/mol. The lowest BCUT2D eigenvalue weighted by atomic mass is 9.43. The van der Waals surface area contributed by atoms with Crippen LogP contribution in [0.15, 0.2) is 48.1 Å². The normalized spacial score (nSPS) is 39.8. The van der Waals surface area contributed by atoms with E-state index in [1.54, 1.807) is 6.08 Å². The Morgan fingerprint density at radius 1 is 1.25 bits per heavy atom. The molecule has 3 aliphatic rings. The molecule has 0 spiro atoms. The van der Waals surface area contributed by atoms with Gasteiger partial charge in [0.2, 0.25) is 0 Å². The molecule has 154 valence electrons. The van der Waals surface area contributed by atoms with E-state index in [0.29, 0.717) is 11.8 Å². The van der Waals surface area contributed by atoms with Crippen LogP contribution in [0.3, 0.4) is 0 Å².